The summed E-state index contributed by atoms with van der Waals surface area (Å²) in [7, 11) is 3.37. The molecule has 4 fully saturated rings. The molecule has 4 rings (SSSR count). The van der Waals surface area contributed by atoms with E-state index >= 15 is 0 Å². The summed E-state index contributed by atoms with van der Waals surface area (Å²) >= 11 is 0. The van der Waals surface area contributed by atoms with Crippen LogP contribution < -0.4 is 0 Å². The van der Waals surface area contributed by atoms with Gasteiger partial charge in [0, 0.05) is 13.0 Å². The summed E-state index contributed by atoms with van der Waals surface area (Å²) in [4.78, 5) is 18.4. The molecule has 0 aromatic rings. The summed E-state index contributed by atoms with van der Waals surface area (Å²) in [6.07, 6.45) is 12.8. The van der Waals surface area contributed by atoms with Crippen LogP contribution in [0.1, 0.15) is 91.4 Å². The molecule has 0 heterocycles. The zero-order chi connectivity index (χ0) is 21.0. The standard InChI is InChI=1S/C25H43NO3/c1-23(28)13-7-14-24(2)17(16-23)10-11-18-19-8-6-9-21(22(27)26(4)29-5)25(19,3)15-12-20(18)24/h17-21,28H,6-16H2,1-5H3. The van der Waals surface area contributed by atoms with Crippen LogP contribution in [0.25, 0.3) is 0 Å². The first-order valence-electron chi connectivity index (χ1n) is 12.2. The van der Waals surface area contributed by atoms with Crippen LogP contribution in [0, 0.1) is 40.4 Å². The fourth-order valence-corrected chi connectivity index (χ4v) is 8.65. The van der Waals surface area contributed by atoms with Crippen molar-refractivity contribution in [3.63, 3.8) is 0 Å². The molecule has 8 atom stereocenters. The van der Waals surface area contributed by atoms with Gasteiger partial charge in [0.15, 0.2) is 0 Å². The topological polar surface area (TPSA) is 49.8 Å². The molecule has 0 saturated heterocycles. The molecule has 4 saturated carbocycles. The quantitative estimate of drug-likeness (QED) is 0.643. The van der Waals surface area contributed by atoms with E-state index in [0.717, 1.165) is 37.5 Å². The SMILES string of the molecule is CON(C)C(=O)C1CCCC2C3CCC4CC(C)(O)CCCC4(C)C3CCC12C. The van der Waals surface area contributed by atoms with Crippen LogP contribution in [0.2, 0.25) is 0 Å². The highest BCUT2D eigenvalue weighted by molar-refractivity contribution is 5.78. The minimum Gasteiger partial charge on any atom is -0.390 e. The first-order valence-corrected chi connectivity index (χ1v) is 12.2. The molecule has 166 valence electrons. The zero-order valence-corrected chi connectivity index (χ0v) is 19.4. The Morgan fingerprint density at radius 3 is 2.38 bits per heavy atom. The number of fused-ring (bicyclic) bond motifs is 5. The van der Waals surface area contributed by atoms with Crippen molar-refractivity contribution in [1.82, 2.24) is 5.06 Å². The van der Waals surface area contributed by atoms with Gasteiger partial charge in [0.05, 0.1) is 12.7 Å². The lowest BCUT2D eigenvalue weighted by Crippen LogP contribution is -2.57. The molecule has 1 amide bonds. The fraction of sp³-hybridized carbons (Fsp3) is 0.960. The molecule has 1 N–H and O–H groups in total. The van der Waals surface area contributed by atoms with Crippen LogP contribution in [0.15, 0.2) is 0 Å². The summed E-state index contributed by atoms with van der Waals surface area (Å²) in [5, 5.41) is 12.3. The van der Waals surface area contributed by atoms with E-state index in [2.05, 4.69) is 20.8 Å². The average Bonchev–Trinajstić information content (AvgIpc) is 2.80. The summed E-state index contributed by atoms with van der Waals surface area (Å²) < 4.78 is 0. The number of rotatable bonds is 2. The van der Waals surface area contributed by atoms with Gasteiger partial charge in [-0.25, -0.2) is 5.06 Å². The Morgan fingerprint density at radius 1 is 0.931 bits per heavy atom. The third kappa shape index (κ3) is 3.46. The molecule has 0 radical (unpaired) electrons. The highest BCUT2D eigenvalue weighted by atomic mass is 16.7. The highest BCUT2D eigenvalue weighted by Crippen LogP contribution is 2.66. The Balaban J connectivity index is 1.61. The molecule has 4 aliphatic rings. The Hall–Kier alpha value is -0.610. The molecular weight excluding hydrogens is 362 g/mol. The summed E-state index contributed by atoms with van der Waals surface area (Å²) in [5.41, 5.74) is -0.000739. The number of hydroxylamine groups is 2. The minimum atomic E-state index is -0.481. The van der Waals surface area contributed by atoms with Gasteiger partial charge in [-0.1, -0.05) is 26.7 Å². The van der Waals surface area contributed by atoms with Gasteiger partial charge in [0.2, 0.25) is 5.91 Å². The first kappa shape index (κ1) is 21.6. The summed E-state index contributed by atoms with van der Waals surface area (Å²) in [5.74, 6) is 3.13. The van der Waals surface area contributed by atoms with Gasteiger partial charge >= 0.3 is 0 Å². The van der Waals surface area contributed by atoms with E-state index in [0.29, 0.717) is 17.3 Å². The largest absolute Gasteiger partial charge is 0.390 e. The van der Waals surface area contributed by atoms with Crippen LogP contribution in [0.5, 0.6) is 0 Å². The molecule has 0 aromatic carbocycles. The Kier molecular flexibility index (Phi) is 5.60. The van der Waals surface area contributed by atoms with Crippen LogP contribution in [0.4, 0.5) is 0 Å². The van der Waals surface area contributed by atoms with Crippen molar-refractivity contribution in [2.24, 2.45) is 40.4 Å². The van der Waals surface area contributed by atoms with Crippen LogP contribution in [0.3, 0.4) is 0 Å². The second kappa shape index (κ2) is 7.51. The van der Waals surface area contributed by atoms with Crippen molar-refractivity contribution in [1.29, 1.82) is 0 Å². The van der Waals surface area contributed by atoms with Crippen LogP contribution in [-0.2, 0) is 9.63 Å². The van der Waals surface area contributed by atoms with Gasteiger partial charge in [-0.3, -0.25) is 9.63 Å². The maximum absolute atomic E-state index is 13.1. The van der Waals surface area contributed by atoms with Crippen molar-refractivity contribution < 1.29 is 14.7 Å². The van der Waals surface area contributed by atoms with Crippen LogP contribution >= 0.6 is 0 Å². The first-order chi connectivity index (χ1) is 13.6. The van der Waals surface area contributed by atoms with Gasteiger partial charge in [0.25, 0.3) is 0 Å². The van der Waals surface area contributed by atoms with Crippen molar-refractivity contribution >= 4 is 5.91 Å². The zero-order valence-electron chi connectivity index (χ0n) is 19.4. The van der Waals surface area contributed by atoms with E-state index in [1.54, 1.807) is 14.2 Å². The maximum atomic E-state index is 13.1. The van der Waals surface area contributed by atoms with Crippen molar-refractivity contribution in [2.75, 3.05) is 14.2 Å². The lowest BCUT2D eigenvalue weighted by atomic mass is 9.42. The summed E-state index contributed by atoms with van der Waals surface area (Å²) in [6, 6.07) is 0. The molecule has 29 heavy (non-hydrogen) atoms. The molecule has 4 nitrogen and oxygen atoms in total. The predicted octanol–water partition coefficient (Wildman–Crippen LogP) is 5.20. The van der Waals surface area contributed by atoms with E-state index in [9.17, 15) is 9.90 Å². The molecule has 4 aliphatic carbocycles. The Morgan fingerprint density at radius 2 is 1.66 bits per heavy atom. The van der Waals surface area contributed by atoms with E-state index in [1.807, 2.05) is 0 Å². The van der Waals surface area contributed by atoms with Gasteiger partial charge in [-0.05, 0) is 99.2 Å². The minimum absolute atomic E-state index is 0.104. The molecule has 0 spiro atoms. The second-order valence-corrected chi connectivity index (χ2v) is 11.8. The number of carbonyl (C=O) groups excluding carboxylic acids is 1. The Labute approximate surface area is 177 Å². The van der Waals surface area contributed by atoms with Crippen molar-refractivity contribution in [3.05, 3.63) is 0 Å². The number of nitrogens with zero attached hydrogens (tertiary/aromatic N) is 1. The smallest absolute Gasteiger partial charge is 0.249 e. The normalized spacial score (nSPS) is 49.9. The summed E-state index contributed by atoms with van der Waals surface area (Å²) in [6.45, 7) is 7.04. The predicted molar refractivity (Wildman–Crippen MR) is 115 cm³/mol. The lowest BCUT2D eigenvalue weighted by Gasteiger charge is -2.62. The number of carbonyl (C=O) groups is 1. The van der Waals surface area contributed by atoms with E-state index in [-0.39, 0.29) is 17.2 Å². The molecule has 0 aliphatic heterocycles. The van der Waals surface area contributed by atoms with Crippen LogP contribution in [-0.4, -0.2) is 35.8 Å². The third-order valence-corrected chi connectivity index (χ3v) is 10.3. The number of aliphatic hydroxyl groups is 1. The fourth-order valence-electron chi connectivity index (χ4n) is 8.65. The molecule has 8 unspecified atom stereocenters. The monoisotopic (exact) mass is 405 g/mol. The molecule has 0 aromatic heterocycles. The number of hydrogen-bond acceptors (Lipinski definition) is 3. The van der Waals surface area contributed by atoms with E-state index < -0.39 is 5.60 Å². The van der Waals surface area contributed by atoms with Crippen molar-refractivity contribution in [3.8, 4) is 0 Å². The van der Waals surface area contributed by atoms with Crippen molar-refractivity contribution in [2.45, 2.75) is 97.0 Å². The maximum Gasteiger partial charge on any atom is 0.249 e. The number of amides is 1. The third-order valence-electron chi connectivity index (χ3n) is 10.3. The van der Waals surface area contributed by atoms with E-state index in [4.69, 9.17) is 4.84 Å². The molecule has 0 bridgehead atoms. The molecular formula is C25H43NO3. The van der Waals surface area contributed by atoms with Gasteiger partial charge in [0.1, 0.15) is 0 Å². The van der Waals surface area contributed by atoms with Gasteiger partial charge in [-0.2, -0.15) is 0 Å². The average molecular weight is 406 g/mol. The Bertz CT molecular complexity index is 634. The second-order valence-electron chi connectivity index (χ2n) is 11.8. The van der Waals surface area contributed by atoms with E-state index in [1.165, 1.54) is 50.0 Å². The highest BCUT2D eigenvalue weighted by Gasteiger charge is 2.60. The molecule has 4 heteroatoms. The number of hydrogen-bond donors (Lipinski definition) is 1. The van der Waals surface area contributed by atoms with Gasteiger partial charge in [-0.15, -0.1) is 0 Å². The lowest BCUT2D eigenvalue weighted by molar-refractivity contribution is -0.191. The van der Waals surface area contributed by atoms with Gasteiger partial charge < -0.3 is 5.11 Å².